The maximum Gasteiger partial charge on any atom is 0.290 e. The Morgan fingerprint density at radius 3 is 2.58 bits per heavy atom. The number of nitrogens with zero attached hydrogens (tertiary/aromatic N) is 3. The number of hydroxylamine groups is 3. The monoisotopic (exact) mass is 267 g/mol. The first-order valence-corrected chi connectivity index (χ1v) is 5.85. The summed E-state index contributed by atoms with van der Waals surface area (Å²) >= 11 is 0. The lowest BCUT2D eigenvalue weighted by atomic mass is 9.96. The molecule has 1 aliphatic heterocycles. The van der Waals surface area contributed by atoms with Crippen LogP contribution < -0.4 is 0 Å². The number of oxime groups is 1. The maximum absolute atomic E-state index is 12.6. The zero-order valence-electron chi connectivity index (χ0n) is 11.3. The summed E-state index contributed by atoms with van der Waals surface area (Å²) in [5.74, 6) is 0.369. The summed E-state index contributed by atoms with van der Waals surface area (Å²) < 4.78 is 5.87. The van der Waals surface area contributed by atoms with Gasteiger partial charge in [0, 0.05) is 6.92 Å². The fourth-order valence-corrected chi connectivity index (χ4v) is 2.41. The fraction of sp³-hybridized carbons (Fsp3) is 0.500. The molecule has 0 amide bonds. The predicted octanol–water partition coefficient (Wildman–Crippen LogP) is 1.63. The lowest BCUT2D eigenvalue weighted by Crippen LogP contribution is -2.57. The van der Waals surface area contributed by atoms with Crippen molar-refractivity contribution >= 4 is 11.4 Å². The average Bonchev–Trinajstić information content (AvgIpc) is 2.92. The highest BCUT2D eigenvalue weighted by molar-refractivity contribution is 6.04. The third kappa shape index (κ3) is 1.58. The summed E-state index contributed by atoms with van der Waals surface area (Å²) in [6, 6.07) is 3.31. The van der Waals surface area contributed by atoms with Gasteiger partial charge in [-0.15, -0.1) is 5.06 Å². The topological polar surface area (TPSA) is 95.3 Å². The van der Waals surface area contributed by atoms with Crippen LogP contribution in [-0.4, -0.2) is 42.8 Å². The molecule has 0 aliphatic carbocycles. The fourth-order valence-electron chi connectivity index (χ4n) is 2.41. The Hall–Kier alpha value is -1.86. The molecule has 0 saturated carbocycles. The van der Waals surface area contributed by atoms with Crippen LogP contribution in [0.1, 0.15) is 33.5 Å². The van der Waals surface area contributed by atoms with Crippen LogP contribution in [0.5, 0.6) is 0 Å². The van der Waals surface area contributed by atoms with Crippen LogP contribution >= 0.6 is 0 Å². The average molecular weight is 267 g/mol. The quantitative estimate of drug-likeness (QED) is 0.279. The van der Waals surface area contributed by atoms with Gasteiger partial charge < -0.3 is 20.0 Å². The minimum atomic E-state index is -1.49. The van der Waals surface area contributed by atoms with Crippen molar-refractivity contribution in [2.45, 2.75) is 38.9 Å². The first kappa shape index (κ1) is 13.6. The van der Waals surface area contributed by atoms with Gasteiger partial charge in [-0.05, 0) is 32.9 Å². The highest BCUT2D eigenvalue weighted by atomic mass is 16.6. The van der Waals surface area contributed by atoms with Crippen LogP contribution in [0.4, 0.5) is 0 Å². The predicted molar refractivity (Wildman–Crippen MR) is 67.4 cm³/mol. The molecule has 1 aliphatic rings. The normalized spacial score (nSPS) is 28.2. The molecule has 0 saturated heterocycles. The molecule has 0 radical (unpaired) electrons. The van der Waals surface area contributed by atoms with E-state index >= 15 is 0 Å². The smallest absolute Gasteiger partial charge is 0.290 e. The van der Waals surface area contributed by atoms with Crippen LogP contribution in [0.25, 0.3) is 0 Å². The molecule has 2 heterocycles. The molecule has 1 unspecified atom stereocenters. The molecule has 0 aromatic carbocycles. The van der Waals surface area contributed by atoms with Crippen molar-refractivity contribution in [3.8, 4) is 0 Å². The highest BCUT2D eigenvalue weighted by Gasteiger charge is 2.62. The summed E-state index contributed by atoms with van der Waals surface area (Å²) in [5.41, 5.74) is -2.12. The number of rotatable bonds is 2. The van der Waals surface area contributed by atoms with E-state index in [1.54, 1.807) is 26.0 Å². The van der Waals surface area contributed by atoms with Crippen molar-refractivity contribution in [3.63, 3.8) is 0 Å². The van der Waals surface area contributed by atoms with E-state index in [1.165, 1.54) is 20.1 Å². The van der Waals surface area contributed by atoms with Gasteiger partial charge in [-0.25, -0.2) is 0 Å². The third-order valence-corrected chi connectivity index (χ3v) is 3.71. The van der Waals surface area contributed by atoms with E-state index in [9.17, 15) is 10.4 Å². The van der Waals surface area contributed by atoms with Gasteiger partial charge in [-0.3, -0.25) is 0 Å². The molecule has 0 spiro atoms. The van der Waals surface area contributed by atoms with Gasteiger partial charge in [-0.2, -0.15) is 4.74 Å². The van der Waals surface area contributed by atoms with Gasteiger partial charge in [0.05, 0.1) is 6.26 Å². The summed E-state index contributed by atoms with van der Waals surface area (Å²) in [5, 5.41) is 35.8. The molecule has 7 nitrogen and oxygen atoms in total. The second kappa shape index (κ2) is 4.07. The van der Waals surface area contributed by atoms with Crippen molar-refractivity contribution in [1.29, 1.82) is 0 Å². The number of hydrogen-bond acceptors (Lipinski definition) is 6. The summed E-state index contributed by atoms with van der Waals surface area (Å²) in [6.07, 6.45) is 1.45. The highest BCUT2D eigenvalue weighted by Crippen LogP contribution is 2.36. The molecule has 1 atom stereocenters. The molecule has 2 N–H and O–H groups in total. The molecule has 7 heteroatoms. The Bertz CT molecular complexity index is 547. The van der Waals surface area contributed by atoms with Gasteiger partial charge in [0.15, 0.2) is 5.76 Å². The molecule has 1 aromatic heterocycles. The Kier molecular flexibility index (Phi) is 2.91. The van der Waals surface area contributed by atoms with E-state index < -0.39 is 11.2 Å². The van der Waals surface area contributed by atoms with Crippen molar-refractivity contribution in [2.24, 2.45) is 5.16 Å². The molecule has 2 rings (SSSR count). The Morgan fingerprint density at radius 2 is 2.11 bits per heavy atom. The SMILES string of the molecule is C/C(=N/O)C1(C)N(O)C(C)(C)C(c2ccco2)=[N+]1[O-]. The molecular formula is C12H17N3O4. The van der Waals surface area contributed by atoms with Crippen molar-refractivity contribution in [2.75, 3.05) is 0 Å². The third-order valence-electron chi connectivity index (χ3n) is 3.71. The first-order valence-electron chi connectivity index (χ1n) is 5.85. The molecular weight excluding hydrogens is 250 g/mol. The van der Waals surface area contributed by atoms with E-state index in [1.807, 2.05) is 0 Å². The van der Waals surface area contributed by atoms with Gasteiger partial charge in [0.2, 0.25) is 0 Å². The van der Waals surface area contributed by atoms with Crippen LogP contribution in [0.3, 0.4) is 0 Å². The van der Waals surface area contributed by atoms with Crippen LogP contribution in [-0.2, 0) is 0 Å². The first-order chi connectivity index (χ1) is 8.77. The van der Waals surface area contributed by atoms with Gasteiger partial charge in [0.1, 0.15) is 11.3 Å². The Balaban J connectivity index is 2.70. The van der Waals surface area contributed by atoms with Crippen molar-refractivity contribution in [3.05, 3.63) is 29.4 Å². The Morgan fingerprint density at radius 1 is 1.47 bits per heavy atom. The van der Waals surface area contributed by atoms with Crippen molar-refractivity contribution in [1.82, 2.24) is 5.06 Å². The summed E-state index contributed by atoms with van der Waals surface area (Å²) in [6.45, 7) is 6.32. The standard InChI is InChI=1S/C12H17N3O4/c1-8(13-16)12(4)14(17)10(9-6-5-7-19-9)11(2,3)15(12)18/h5-7,16,18H,1-4H3/b13-8-. The van der Waals surface area contributed by atoms with E-state index in [4.69, 9.17) is 9.62 Å². The lowest BCUT2D eigenvalue weighted by Gasteiger charge is -2.31. The lowest BCUT2D eigenvalue weighted by molar-refractivity contribution is -0.560. The van der Waals surface area contributed by atoms with Gasteiger partial charge in [-0.1, -0.05) is 5.16 Å². The second-order valence-electron chi connectivity index (χ2n) is 5.20. The number of hydrogen-bond donors (Lipinski definition) is 2. The Labute approximate surface area is 110 Å². The minimum absolute atomic E-state index is 0.0830. The molecule has 0 fully saturated rings. The summed E-state index contributed by atoms with van der Waals surface area (Å²) in [4.78, 5) is 0. The molecule has 0 bridgehead atoms. The van der Waals surface area contributed by atoms with Crippen LogP contribution in [0.2, 0.25) is 0 Å². The van der Waals surface area contributed by atoms with E-state index in [2.05, 4.69) is 5.16 Å². The van der Waals surface area contributed by atoms with Crippen LogP contribution in [0.15, 0.2) is 28.0 Å². The van der Waals surface area contributed by atoms with E-state index in [0.29, 0.717) is 10.5 Å². The molecule has 19 heavy (non-hydrogen) atoms. The van der Waals surface area contributed by atoms with E-state index in [0.717, 1.165) is 5.06 Å². The second-order valence-corrected chi connectivity index (χ2v) is 5.20. The number of furan rings is 1. The van der Waals surface area contributed by atoms with Gasteiger partial charge in [0.25, 0.3) is 11.4 Å². The zero-order valence-corrected chi connectivity index (χ0v) is 11.3. The minimum Gasteiger partial charge on any atom is -0.622 e. The van der Waals surface area contributed by atoms with Gasteiger partial charge >= 0.3 is 0 Å². The zero-order chi connectivity index (χ0) is 14.4. The molecule has 1 aromatic rings. The summed E-state index contributed by atoms with van der Waals surface area (Å²) in [7, 11) is 0. The largest absolute Gasteiger partial charge is 0.622 e. The maximum atomic E-state index is 12.6. The van der Waals surface area contributed by atoms with E-state index in [-0.39, 0.29) is 11.4 Å². The molecule has 104 valence electrons. The van der Waals surface area contributed by atoms with Crippen molar-refractivity contribution < 1.29 is 19.6 Å². The van der Waals surface area contributed by atoms with Crippen LogP contribution in [0, 0.1) is 5.21 Å².